The van der Waals surface area contributed by atoms with Crippen LogP contribution in [0.2, 0.25) is 0 Å². The lowest BCUT2D eigenvalue weighted by atomic mass is 10.2. The van der Waals surface area contributed by atoms with E-state index in [0.29, 0.717) is 22.7 Å². The zero-order valence-corrected chi connectivity index (χ0v) is 18.6. The molecule has 3 rings (SSSR count). The highest BCUT2D eigenvalue weighted by Crippen LogP contribution is 2.24. The molecule has 0 bridgehead atoms. The Morgan fingerprint density at radius 2 is 1.65 bits per heavy atom. The summed E-state index contributed by atoms with van der Waals surface area (Å²) in [6.45, 7) is 5.91. The van der Waals surface area contributed by atoms with E-state index in [1.165, 1.54) is 4.31 Å². The molecule has 162 valence electrons. The summed E-state index contributed by atoms with van der Waals surface area (Å²) in [5, 5.41) is 2.84. The summed E-state index contributed by atoms with van der Waals surface area (Å²) in [6, 6.07) is 22.0. The monoisotopic (exact) mass is 438 g/mol. The summed E-state index contributed by atoms with van der Waals surface area (Å²) in [6.07, 6.45) is 0.0344. The molecule has 0 aliphatic rings. The Kier molecular flexibility index (Phi) is 6.97. The van der Waals surface area contributed by atoms with Crippen LogP contribution in [0.3, 0.4) is 0 Å². The second-order valence-electron chi connectivity index (χ2n) is 7.18. The van der Waals surface area contributed by atoms with Gasteiger partial charge in [0.15, 0.2) is 0 Å². The van der Waals surface area contributed by atoms with E-state index in [0.717, 1.165) is 0 Å². The second-order valence-corrected chi connectivity index (χ2v) is 9.04. The zero-order chi connectivity index (χ0) is 22.4. The molecule has 0 unspecified atom stereocenters. The van der Waals surface area contributed by atoms with E-state index in [-0.39, 0.29) is 23.5 Å². The summed E-state index contributed by atoms with van der Waals surface area (Å²) in [7, 11) is -3.68. The first-order chi connectivity index (χ1) is 14.8. The molecule has 0 aromatic heterocycles. The molecule has 1 amide bonds. The number of ether oxygens (including phenoxy) is 1. The number of carbonyl (C=O) groups excluding carboxylic acids is 1. The van der Waals surface area contributed by atoms with E-state index in [1.54, 1.807) is 73.7 Å². The Balaban J connectivity index is 1.77. The van der Waals surface area contributed by atoms with Gasteiger partial charge in [0.2, 0.25) is 0 Å². The molecule has 3 aromatic rings. The van der Waals surface area contributed by atoms with Crippen LogP contribution >= 0.6 is 0 Å². The number of amides is 1. The van der Waals surface area contributed by atoms with Gasteiger partial charge in [0, 0.05) is 23.9 Å². The van der Waals surface area contributed by atoms with E-state index in [1.807, 2.05) is 26.0 Å². The van der Waals surface area contributed by atoms with Gasteiger partial charge in [-0.15, -0.1) is 0 Å². The summed E-state index contributed by atoms with van der Waals surface area (Å²) in [5.74, 6) is 0.384. The molecule has 31 heavy (non-hydrogen) atoms. The topological polar surface area (TPSA) is 75.7 Å². The van der Waals surface area contributed by atoms with Gasteiger partial charge in [-0.3, -0.25) is 9.10 Å². The van der Waals surface area contributed by atoms with Gasteiger partial charge in [0.1, 0.15) is 5.75 Å². The standard InChI is InChI=1S/C24H26N2O4S/c1-4-26(31(28,29)23-11-6-5-7-12-23)21-15-13-19(14-16-21)24(27)25-20-9-8-10-22(17-20)30-18(2)3/h5-18H,4H2,1-3H3,(H,25,27). The van der Waals surface area contributed by atoms with Gasteiger partial charge >= 0.3 is 0 Å². The van der Waals surface area contributed by atoms with Crippen molar-refractivity contribution in [1.29, 1.82) is 0 Å². The zero-order valence-electron chi connectivity index (χ0n) is 17.8. The lowest BCUT2D eigenvalue weighted by Gasteiger charge is -2.23. The minimum atomic E-state index is -3.68. The van der Waals surface area contributed by atoms with Crippen LogP contribution in [-0.2, 0) is 10.0 Å². The van der Waals surface area contributed by atoms with Crippen molar-refractivity contribution in [2.45, 2.75) is 31.8 Å². The van der Waals surface area contributed by atoms with Crippen LogP contribution in [0.1, 0.15) is 31.1 Å². The van der Waals surface area contributed by atoms with Gasteiger partial charge in [0.25, 0.3) is 15.9 Å². The molecule has 0 aliphatic carbocycles. The van der Waals surface area contributed by atoms with E-state index in [4.69, 9.17) is 4.74 Å². The molecular formula is C24H26N2O4S. The first kappa shape index (κ1) is 22.4. The predicted molar refractivity (Wildman–Crippen MR) is 123 cm³/mol. The van der Waals surface area contributed by atoms with Gasteiger partial charge in [0.05, 0.1) is 16.7 Å². The molecule has 0 heterocycles. The Morgan fingerprint density at radius 1 is 0.968 bits per heavy atom. The van der Waals surface area contributed by atoms with Crippen LogP contribution in [-0.4, -0.2) is 27.0 Å². The van der Waals surface area contributed by atoms with Crippen molar-refractivity contribution in [3.05, 3.63) is 84.4 Å². The van der Waals surface area contributed by atoms with Crippen molar-refractivity contribution in [3.63, 3.8) is 0 Å². The van der Waals surface area contributed by atoms with Gasteiger partial charge in [-0.25, -0.2) is 8.42 Å². The fourth-order valence-corrected chi connectivity index (χ4v) is 4.61. The van der Waals surface area contributed by atoms with Crippen molar-refractivity contribution in [1.82, 2.24) is 0 Å². The molecule has 7 heteroatoms. The number of nitrogens with one attached hydrogen (secondary N) is 1. The fourth-order valence-electron chi connectivity index (χ4n) is 3.11. The quantitative estimate of drug-likeness (QED) is 0.540. The van der Waals surface area contributed by atoms with Crippen LogP contribution in [0.15, 0.2) is 83.8 Å². The van der Waals surface area contributed by atoms with Gasteiger partial charge in [-0.2, -0.15) is 0 Å². The van der Waals surface area contributed by atoms with E-state index in [2.05, 4.69) is 5.32 Å². The van der Waals surface area contributed by atoms with Gasteiger partial charge in [-0.05, 0) is 69.3 Å². The lowest BCUT2D eigenvalue weighted by molar-refractivity contribution is 0.102. The Hall–Kier alpha value is -3.32. The smallest absolute Gasteiger partial charge is 0.264 e. The van der Waals surface area contributed by atoms with Crippen LogP contribution in [0.5, 0.6) is 5.75 Å². The number of anilines is 2. The number of hydrogen-bond donors (Lipinski definition) is 1. The molecule has 0 aliphatic heterocycles. The van der Waals surface area contributed by atoms with Crippen LogP contribution in [0.25, 0.3) is 0 Å². The fraction of sp³-hybridized carbons (Fsp3) is 0.208. The molecule has 6 nitrogen and oxygen atoms in total. The Labute approximate surface area is 183 Å². The maximum Gasteiger partial charge on any atom is 0.264 e. The van der Waals surface area contributed by atoms with Crippen LogP contribution < -0.4 is 14.4 Å². The average Bonchev–Trinajstić information content (AvgIpc) is 2.75. The lowest BCUT2D eigenvalue weighted by Crippen LogP contribution is -2.30. The number of benzene rings is 3. The normalized spacial score (nSPS) is 11.2. The summed E-state index contributed by atoms with van der Waals surface area (Å²) < 4.78 is 32.9. The van der Waals surface area contributed by atoms with Crippen molar-refractivity contribution < 1.29 is 17.9 Å². The molecule has 0 radical (unpaired) electrons. The highest BCUT2D eigenvalue weighted by Gasteiger charge is 2.23. The van der Waals surface area contributed by atoms with Crippen molar-refractivity contribution in [2.24, 2.45) is 0 Å². The summed E-state index contributed by atoms with van der Waals surface area (Å²) in [4.78, 5) is 12.9. The maximum atomic E-state index is 13.0. The van der Waals surface area contributed by atoms with E-state index >= 15 is 0 Å². The minimum absolute atomic E-state index is 0.0344. The van der Waals surface area contributed by atoms with Crippen molar-refractivity contribution in [3.8, 4) is 5.75 Å². The number of carbonyl (C=O) groups is 1. The number of hydrogen-bond acceptors (Lipinski definition) is 4. The molecule has 0 fully saturated rings. The maximum absolute atomic E-state index is 13.0. The van der Waals surface area contributed by atoms with Gasteiger partial charge in [-0.1, -0.05) is 24.3 Å². The SMILES string of the molecule is CCN(c1ccc(C(=O)Nc2cccc(OC(C)C)c2)cc1)S(=O)(=O)c1ccccc1. The van der Waals surface area contributed by atoms with Gasteiger partial charge < -0.3 is 10.1 Å². The number of sulfonamides is 1. The minimum Gasteiger partial charge on any atom is -0.491 e. The summed E-state index contributed by atoms with van der Waals surface area (Å²) in [5.41, 5.74) is 1.54. The molecule has 1 N–H and O–H groups in total. The molecule has 0 saturated carbocycles. The molecule has 0 atom stereocenters. The van der Waals surface area contributed by atoms with E-state index < -0.39 is 10.0 Å². The highest BCUT2D eigenvalue weighted by atomic mass is 32.2. The Bertz CT molecular complexity index is 1130. The second kappa shape index (κ2) is 9.66. The first-order valence-corrected chi connectivity index (χ1v) is 11.5. The third-order valence-corrected chi connectivity index (χ3v) is 6.42. The molecule has 3 aromatic carbocycles. The van der Waals surface area contributed by atoms with Crippen molar-refractivity contribution in [2.75, 3.05) is 16.2 Å². The predicted octanol–water partition coefficient (Wildman–Crippen LogP) is 4.94. The molecular weight excluding hydrogens is 412 g/mol. The third kappa shape index (κ3) is 5.44. The highest BCUT2D eigenvalue weighted by molar-refractivity contribution is 7.92. The Morgan fingerprint density at radius 3 is 2.26 bits per heavy atom. The van der Waals surface area contributed by atoms with Crippen molar-refractivity contribution >= 4 is 27.3 Å². The van der Waals surface area contributed by atoms with Crippen LogP contribution in [0.4, 0.5) is 11.4 Å². The molecule has 0 spiro atoms. The van der Waals surface area contributed by atoms with E-state index in [9.17, 15) is 13.2 Å². The number of rotatable bonds is 8. The first-order valence-electron chi connectivity index (χ1n) is 10.1. The summed E-state index contributed by atoms with van der Waals surface area (Å²) >= 11 is 0. The number of nitrogens with zero attached hydrogens (tertiary/aromatic N) is 1. The third-order valence-electron chi connectivity index (χ3n) is 4.50. The van der Waals surface area contributed by atoms with Crippen LogP contribution in [0, 0.1) is 0 Å². The largest absolute Gasteiger partial charge is 0.491 e. The average molecular weight is 439 g/mol. The molecule has 0 saturated heterocycles.